The van der Waals surface area contributed by atoms with Crippen LogP contribution in [0, 0.1) is 9.81 Å². The molecule has 0 aliphatic rings. The van der Waals surface area contributed by atoms with E-state index in [1.165, 1.54) is 10.9 Å². The second kappa shape index (κ2) is 17.6. The van der Waals surface area contributed by atoms with Crippen molar-refractivity contribution in [3.63, 3.8) is 0 Å². The molecule has 0 aromatic carbocycles. The monoisotopic (exact) mass is 264 g/mol. The van der Waals surface area contributed by atoms with Crippen molar-refractivity contribution in [1.82, 2.24) is 10.9 Å². The number of hydrogen-bond acceptors (Lipinski definition) is 6. The molecule has 0 bridgehead atoms. The van der Waals surface area contributed by atoms with Gasteiger partial charge in [0, 0.05) is 0 Å². The van der Waals surface area contributed by atoms with Gasteiger partial charge in [0.15, 0.2) is 6.17 Å². The Morgan fingerprint density at radius 1 is 1.08 bits per heavy atom. The summed E-state index contributed by atoms with van der Waals surface area (Å²) in [5.41, 5.74) is 2.97. The number of aliphatic carboxylic acids is 1. The molecule has 0 saturated carbocycles. The number of nitrogens with one attached hydrogen (secondary N) is 2. The van der Waals surface area contributed by atoms with Crippen molar-refractivity contribution in [2.75, 3.05) is 0 Å². The zero-order valence-electron chi connectivity index (χ0n) is 7.60. The first-order valence-corrected chi connectivity index (χ1v) is 2.09. The summed E-state index contributed by atoms with van der Waals surface area (Å²) in [4.78, 5) is 28.6. The SMILES string of the molecule is O=NNC(NN=O)C(=O)[O-].[K+].[K+].[K+]. The third kappa shape index (κ3) is 15.2. The van der Waals surface area contributed by atoms with Crippen molar-refractivity contribution in [1.29, 1.82) is 0 Å². The molecule has 0 aromatic rings. The first-order chi connectivity index (χ1) is 4.72. The molecule has 56 valence electrons. The van der Waals surface area contributed by atoms with Crippen molar-refractivity contribution >= 4 is 5.97 Å². The fourth-order valence-electron chi connectivity index (χ4n) is 0.240. The van der Waals surface area contributed by atoms with Crippen molar-refractivity contribution in [3.05, 3.63) is 9.81 Å². The van der Waals surface area contributed by atoms with Gasteiger partial charge >= 0.3 is 154 Å². The number of carbonyl (C=O) groups excluding carboxylic acids is 1. The van der Waals surface area contributed by atoms with Gasteiger partial charge < -0.3 is 9.90 Å². The molecule has 0 spiro atoms. The molecule has 0 radical (unpaired) electrons. The van der Waals surface area contributed by atoms with E-state index in [1.807, 2.05) is 10.6 Å². The van der Waals surface area contributed by atoms with Gasteiger partial charge in [-0.3, -0.25) is 0 Å². The molecule has 0 unspecified atom stereocenters. The van der Waals surface area contributed by atoms with Gasteiger partial charge in [-0.1, -0.05) is 0 Å². The van der Waals surface area contributed by atoms with E-state index in [2.05, 4.69) is 0 Å². The fourth-order valence-corrected chi connectivity index (χ4v) is 0.240. The van der Waals surface area contributed by atoms with Crippen molar-refractivity contribution < 1.29 is 164 Å². The summed E-state index contributed by atoms with van der Waals surface area (Å²) in [6.07, 6.45) is -1.67. The summed E-state index contributed by atoms with van der Waals surface area (Å²) in [6.45, 7) is 0. The van der Waals surface area contributed by atoms with Crippen LogP contribution in [0.4, 0.5) is 0 Å². The van der Waals surface area contributed by atoms with Gasteiger partial charge in [-0.25, -0.2) is 10.9 Å². The smallest absolute Gasteiger partial charge is 0.546 e. The van der Waals surface area contributed by atoms with E-state index < -0.39 is 12.1 Å². The van der Waals surface area contributed by atoms with E-state index in [-0.39, 0.29) is 154 Å². The van der Waals surface area contributed by atoms with Crippen LogP contribution >= 0.6 is 0 Å². The molecule has 11 heteroatoms. The summed E-state index contributed by atoms with van der Waals surface area (Å²) in [5.74, 6) is -1.70. The summed E-state index contributed by atoms with van der Waals surface area (Å²) >= 11 is 0. The number of hydrogen-bond donors (Lipinski definition) is 2. The van der Waals surface area contributed by atoms with Crippen LogP contribution in [0.15, 0.2) is 10.6 Å². The molecule has 0 fully saturated rings. The zero-order valence-corrected chi connectivity index (χ0v) is 17.0. The molecule has 0 rings (SSSR count). The number of nitrogens with zero attached hydrogens (tertiary/aromatic N) is 2. The van der Waals surface area contributed by atoms with Crippen LogP contribution in [0.2, 0.25) is 0 Å². The molecule has 0 aromatic heterocycles. The summed E-state index contributed by atoms with van der Waals surface area (Å²) < 4.78 is 0. The van der Waals surface area contributed by atoms with Crippen LogP contribution < -0.4 is 170 Å². The van der Waals surface area contributed by atoms with Gasteiger partial charge in [-0.2, -0.15) is 0 Å². The molecule has 0 amide bonds. The van der Waals surface area contributed by atoms with Gasteiger partial charge in [0.25, 0.3) is 0 Å². The predicted molar refractivity (Wildman–Crippen MR) is 26.7 cm³/mol. The first kappa shape index (κ1) is 25.1. The minimum absolute atomic E-state index is 0. The predicted octanol–water partition coefficient (Wildman–Crippen LogP) is -11.4. The third-order valence-corrected chi connectivity index (χ3v) is 0.599. The Morgan fingerprint density at radius 2 is 1.38 bits per heavy atom. The molecule has 0 saturated heterocycles. The van der Waals surface area contributed by atoms with Crippen LogP contribution in [0.3, 0.4) is 0 Å². The van der Waals surface area contributed by atoms with E-state index in [1.54, 1.807) is 0 Å². The van der Waals surface area contributed by atoms with Gasteiger partial charge in [0.05, 0.1) is 16.5 Å². The van der Waals surface area contributed by atoms with Gasteiger partial charge in [-0.05, 0) is 0 Å². The van der Waals surface area contributed by atoms with Crippen LogP contribution in [0.1, 0.15) is 0 Å². The summed E-state index contributed by atoms with van der Waals surface area (Å²) in [6, 6.07) is 0. The van der Waals surface area contributed by atoms with E-state index in [0.717, 1.165) is 0 Å². The average Bonchev–Trinajstić information content (AvgIpc) is 1.87. The van der Waals surface area contributed by atoms with Crippen molar-refractivity contribution in [2.24, 2.45) is 10.6 Å². The second-order valence-corrected chi connectivity index (χ2v) is 1.19. The average molecular weight is 264 g/mol. The zero-order chi connectivity index (χ0) is 7.98. The molecule has 8 nitrogen and oxygen atoms in total. The quantitative estimate of drug-likeness (QED) is 0.220. The Labute approximate surface area is 201 Å². The van der Waals surface area contributed by atoms with E-state index in [4.69, 9.17) is 0 Å². The van der Waals surface area contributed by atoms with Gasteiger partial charge in [0.1, 0.15) is 0 Å². The number of carboxylic acids is 1. The summed E-state index contributed by atoms with van der Waals surface area (Å²) in [5, 5.41) is 13.8. The Hall–Kier alpha value is 3.18. The topological polar surface area (TPSA) is 123 Å². The number of carboxylic acid groups (broad SMARTS) is 1. The number of rotatable bonds is 5. The van der Waals surface area contributed by atoms with Gasteiger partial charge in [-0.15, -0.1) is 9.81 Å². The summed E-state index contributed by atoms with van der Waals surface area (Å²) in [7, 11) is 0. The molecule has 0 aliphatic heterocycles. The Balaban J connectivity index is -0.000000135. The van der Waals surface area contributed by atoms with Crippen LogP contribution in [-0.2, 0) is 4.79 Å². The Bertz CT molecular complexity index is 146. The molecule has 13 heavy (non-hydrogen) atoms. The molecule has 2 N–H and O–H groups in total. The third-order valence-electron chi connectivity index (χ3n) is 0.599. The largest absolute Gasteiger partial charge is 1.00 e. The Kier molecular flexibility index (Phi) is 34.0. The van der Waals surface area contributed by atoms with Crippen LogP contribution in [0.5, 0.6) is 0 Å². The number of carbonyl (C=O) groups is 1. The molecular formula is C2H3K3N4O4+2. The fraction of sp³-hybridized carbons (Fsp3) is 0.500. The molecule has 0 aliphatic carbocycles. The molecule has 0 heterocycles. The number of nitroso groups, excluding NO2 is 2. The normalized spacial score (nSPS) is 6.54. The molecule has 0 atom stereocenters. The van der Waals surface area contributed by atoms with Crippen molar-refractivity contribution in [2.45, 2.75) is 6.17 Å². The van der Waals surface area contributed by atoms with E-state index in [0.29, 0.717) is 0 Å². The van der Waals surface area contributed by atoms with E-state index >= 15 is 0 Å². The first-order valence-electron chi connectivity index (χ1n) is 2.09. The van der Waals surface area contributed by atoms with E-state index in [9.17, 15) is 19.7 Å². The van der Waals surface area contributed by atoms with Gasteiger partial charge in [0.2, 0.25) is 0 Å². The van der Waals surface area contributed by atoms with Crippen LogP contribution in [0.25, 0.3) is 0 Å². The maximum Gasteiger partial charge on any atom is 1.00 e. The molecular weight excluding hydrogens is 261 g/mol. The standard InChI is InChI=1S/C2H4N4O4.3K/c7-2(8)1(3-5-9)4-6-10;;;/h1H,(H,3,9)(H,4,10)(H,7,8);;;/q;3*+1/p-1. The van der Waals surface area contributed by atoms with Crippen molar-refractivity contribution in [3.8, 4) is 0 Å². The Morgan fingerprint density at radius 3 is 1.54 bits per heavy atom. The maximum absolute atomic E-state index is 9.85. The maximum atomic E-state index is 9.85. The minimum Gasteiger partial charge on any atom is -0.546 e. The minimum atomic E-state index is -1.70. The van der Waals surface area contributed by atoms with Crippen LogP contribution in [-0.4, -0.2) is 12.1 Å². The second-order valence-electron chi connectivity index (χ2n) is 1.19.